The second-order valence-electron chi connectivity index (χ2n) is 4.25. The van der Waals surface area contributed by atoms with Crippen LogP contribution in [0.2, 0.25) is 0 Å². The van der Waals surface area contributed by atoms with Gasteiger partial charge in [0.05, 0.1) is 11.4 Å². The molecule has 92 valence electrons. The summed E-state index contributed by atoms with van der Waals surface area (Å²) in [6, 6.07) is 0. The van der Waals surface area contributed by atoms with Crippen molar-refractivity contribution < 1.29 is 0 Å². The summed E-state index contributed by atoms with van der Waals surface area (Å²) in [4.78, 5) is 6.98. The van der Waals surface area contributed by atoms with Crippen LogP contribution < -0.4 is 5.32 Å². The zero-order valence-corrected chi connectivity index (χ0v) is 11.3. The van der Waals surface area contributed by atoms with Gasteiger partial charge in [-0.25, -0.2) is 4.98 Å². The summed E-state index contributed by atoms with van der Waals surface area (Å²) in [5.74, 6) is 0. The molecule has 0 saturated carbocycles. The maximum atomic E-state index is 4.57. The van der Waals surface area contributed by atoms with Crippen molar-refractivity contribution in [3.05, 3.63) is 35.1 Å². The Hall–Kier alpha value is -1.13. The maximum absolute atomic E-state index is 4.57. The number of aromatic nitrogens is 2. The van der Waals surface area contributed by atoms with Crippen molar-refractivity contribution in [3.63, 3.8) is 0 Å². The molecule has 17 heavy (non-hydrogen) atoms. The highest BCUT2D eigenvalue weighted by Gasteiger charge is 2.09. The lowest BCUT2D eigenvalue weighted by atomic mass is 10.3. The van der Waals surface area contributed by atoms with Crippen molar-refractivity contribution in [1.82, 2.24) is 14.7 Å². The van der Waals surface area contributed by atoms with E-state index in [4.69, 9.17) is 0 Å². The molecule has 0 spiro atoms. The molecule has 0 aliphatic heterocycles. The van der Waals surface area contributed by atoms with Gasteiger partial charge in [0.1, 0.15) is 0 Å². The molecule has 0 aliphatic carbocycles. The molecule has 0 aliphatic rings. The van der Waals surface area contributed by atoms with E-state index < -0.39 is 0 Å². The van der Waals surface area contributed by atoms with Gasteiger partial charge >= 0.3 is 0 Å². The Bertz CT molecular complexity index is 510. The van der Waals surface area contributed by atoms with Crippen molar-refractivity contribution in [3.8, 4) is 0 Å². The SMILES string of the molecule is C=CCCCNCc1c(C)nc2sc(C)cn12. The molecule has 0 amide bonds. The molecule has 2 rings (SSSR count). The standard InChI is InChI=1S/C13H19N3S/c1-4-5-6-7-14-8-12-11(3)15-13-16(12)9-10(2)17-13/h4,9,14H,1,5-8H2,2-3H3. The van der Waals surface area contributed by atoms with Gasteiger partial charge in [-0.15, -0.1) is 17.9 Å². The number of hydrogen-bond acceptors (Lipinski definition) is 3. The highest BCUT2D eigenvalue weighted by atomic mass is 32.1. The molecule has 1 N–H and O–H groups in total. The van der Waals surface area contributed by atoms with Gasteiger partial charge in [-0.3, -0.25) is 4.40 Å². The van der Waals surface area contributed by atoms with Crippen molar-refractivity contribution in [2.75, 3.05) is 6.54 Å². The minimum absolute atomic E-state index is 0.889. The number of thiazole rings is 1. The minimum Gasteiger partial charge on any atom is -0.311 e. The van der Waals surface area contributed by atoms with Gasteiger partial charge in [0.15, 0.2) is 4.96 Å². The average molecular weight is 249 g/mol. The van der Waals surface area contributed by atoms with Crippen LogP contribution in [-0.4, -0.2) is 15.9 Å². The molecule has 0 aromatic carbocycles. The smallest absolute Gasteiger partial charge is 0.194 e. The summed E-state index contributed by atoms with van der Waals surface area (Å²) in [5, 5.41) is 3.46. The van der Waals surface area contributed by atoms with E-state index in [1.807, 2.05) is 6.08 Å². The first-order valence-electron chi connectivity index (χ1n) is 5.98. The van der Waals surface area contributed by atoms with E-state index in [0.29, 0.717) is 0 Å². The number of imidazole rings is 1. The Morgan fingerprint density at radius 3 is 3.12 bits per heavy atom. The van der Waals surface area contributed by atoms with Crippen LogP contribution in [0.4, 0.5) is 0 Å². The fraction of sp³-hybridized carbons (Fsp3) is 0.462. The number of unbranched alkanes of at least 4 members (excludes halogenated alkanes) is 1. The van der Waals surface area contributed by atoms with Gasteiger partial charge in [-0.05, 0) is 33.2 Å². The molecule has 2 aromatic heterocycles. The van der Waals surface area contributed by atoms with E-state index in [1.54, 1.807) is 11.3 Å². The molecule has 0 unspecified atom stereocenters. The Morgan fingerprint density at radius 1 is 1.53 bits per heavy atom. The summed E-state index contributed by atoms with van der Waals surface area (Å²) in [6.45, 7) is 9.84. The molecule has 3 nitrogen and oxygen atoms in total. The third-order valence-electron chi connectivity index (χ3n) is 2.80. The first-order chi connectivity index (χ1) is 8.22. The highest BCUT2D eigenvalue weighted by molar-refractivity contribution is 7.17. The van der Waals surface area contributed by atoms with Crippen LogP contribution in [0.3, 0.4) is 0 Å². The van der Waals surface area contributed by atoms with E-state index in [0.717, 1.165) is 36.6 Å². The Labute approximate surface area is 106 Å². The minimum atomic E-state index is 0.889. The normalized spacial score (nSPS) is 11.2. The van der Waals surface area contributed by atoms with Crippen LogP contribution >= 0.6 is 11.3 Å². The van der Waals surface area contributed by atoms with E-state index in [-0.39, 0.29) is 0 Å². The number of nitrogens with one attached hydrogen (secondary N) is 1. The highest BCUT2D eigenvalue weighted by Crippen LogP contribution is 2.20. The third-order valence-corrected chi connectivity index (χ3v) is 3.69. The first kappa shape index (κ1) is 12.3. The number of aryl methyl sites for hydroxylation is 2. The second kappa shape index (κ2) is 5.47. The van der Waals surface area contributed by atoms with Crippen molar-refractivity contribution in [1.29, 1.82) is 0 Å². The number of fused-ring (bicyclic) bond motifs is 1. The second-order valence-corrected chi connectivity index (χ2v) is 5.46. The van der Waals surface area contributed by atoms with Gasteiger partial charge in [-0.2, -0.15) is 0 Å². The van der Waals surface area contributed by atoms with Crippen LogP contribution in [0.5, 0.6) is 0 Å². The molecule has 0 radical (unpaired) electrons. The van der Waals surface area contributed by atoms with Gasteiger partial charge < -0.3 is 5.32 Å². The fourth-order valence-corrected chi connectivity index (χ4v) is 2.79. The van der Waals surface area contributed by atoms with Crippen LogP contribution in [0, 0.1) is 13.8 Å². The van der Waals surface area contributed by atoms with E-state index in [9.17, 15) is 0 Å². The zero-order chi connectivity index (χ0) is 12.3. The molecule has 0 atom stereocenters. The molecule has 2 heterocycles. The molecular formula is C13H19N3S. The van der Waals surface area contributed by atoms with Crippen molar-refractivity contribution >= 4 is 16.3 Å². The lowest BCUT2D eigenvalue weighted by Crippen LogP contribution is -2.16. The lowest BCUT2D eigenvalue weighted by molar-refractivity contribution is 0.641. The fourth-order valence-electron chi connectivity index (χ4n) is 1.90. The van der Waals surface area contributed by atoms with Gasteiger partial charge in [0.2, 0.25) is 0 Å². The number of rotatable bonds is 6. The van der Waals surface area contributed by atoms with E-state index in [1.165, 1.54) is 10.6 Å². The third kappa shape index (κ3) is 2.76. The Balaban J connectivity index is 2.01. The molecular weight excluding hydrogens is 230 g/mol. The number of nitrogens with zero attached hydrogens (tertiary/aromatic N) is 2. The molecule has 0 saturated heterocycles. The van der Waals surface area contributed by atoms with E-state index >= 15 is 0 Å². The van der Waals surface area contributed by atoms with E-state index in [2.05, 4.69) is 41.3 Å². The van der Waals surface area contributed by atoms with Crippen LogP contribution in [0.15, 0.2) is 18.9 Å². The maximum Gasteiger partial charge on any atom is 0.194 e. The molecule has 4 heteroatoms. The Morgan fingerprint density at radius 2 is 2.35 bits per heavy atom. The summed E-state index contributed by atoms with van der Waals surface area (Å²) < 4.78 is 2.20. The van der Waals surface area contributed by atoms with Crippen molar-refractivity contribution in [2.24, 2.45) is 0 Å². The van der Waals surface area contributed by atoms with Crippen LogP contribution in [-0.2, 0) is 6.54 Å². The lowest BCUT2D eigenvalue weighted by Gasteiger charge is -2.03. The summed E-state index contributed by atoms with van der Waals surface area (Å²) in [7, 11) is 0. The number of allylic oxidation sites excluding steroid dienone is 1. The molecule has 2 aromatic rings. The topological polar surface area (TPSA) is 29.3 Å². The monoisotopic (exact) mass is 249 g/mol. The molecule has 0 bridgehead atoms. The molecule has 0 fully saturated rings. The first-order valence-corrected chi connectivity index (χ1v) is 6.79. The predicted molar refractivity (Wildman–Crippen MR) is 73.7 cm³/mol. The number of hydrogen-bond donors (Lipinski definition) is 1. The average Bonchev–Trinajstić information content (AvgIpc) is 2.75. The summed E-state index contributed by atoms with van der Waals surface area (Å²) in [6.07, 6.45) is 6.35. The zero-order valence-electron chi connectivity index (χ0n) is 10.5. The summed E-state index contributed by atoms with van der Waals surface area (Å²) in [5.41, 5.74) is 2.41. The Kier molecular flexibility index (Phi) is 3.97. The predicted octanol–water partition coefficient (Wildman–Crippen LogP) is 3.07. The van der Waals surface area contributed by atoms with Gasteiger partial charge in [0.25, 0.3) is 0 Å². The van der Waals surface area contributed by atoms with Gasteiger partial charge in [0, 0.05) is 17.6 Å². The largest absolute Gasteiger partial charge is 0.311 e. The van der Waals surface area contributed by atoms with Crippen LogP contribution in [0.1, 0.15) is 29.1 Å². The van der Waals surface area contributed by atoms with Crippen molar-refractivity contribution in [2.45, 2.75) is 33.2 Å². The van der Waals surface area contributed by atoms with Crippen LogP contribution in [0.25, 0.3) is 4.96 Å². The summed E-state index contributed by atoms with van der Waals surface area (Å²) >= 11 is 1.75. The van der Waals surface area contributed by atoms with Gasteiger partial charge in [-0.1, -0.05) is 6.08 Å². The quantitative estimate of drug-likeness (QED) is 0.630.